The molecule has 0 fully saturated rings. The second-order valence-electron chi connectivity index (χ2n) is 6.38. The van der Waals surface area contributed by atoms with Crippen molar-refractivity contribution in [3.63, 3.8) is 0 Å². The van der Waals surface area contributed by atoms with E-state index < -0.39 is 0 Å². The number of carbonyl (C=O) groups excluding carboxylic acids is 1. The van der Waals surface area contributed by atoms with E-state index in [1.165, 1.54) is 11.1 Å². The first kappa shape index (κ1) is 19.2. The minimum atomic E-state index is -0.296. The SMILES string of the molecule is O=C(CCCCCCN(Cc1ccccc1)Cc1ccccc1)NO. The fourth-order valence-corrected chi connectivity index (χ4v) is 2.93. The number of hydrogen-bond acceptors (Lipinski definition) is 3. The summed E-state index contributed by atoms with van der Waals surface area (Å²) in [4.78, 5) is 13.5. The first-order valence-electron chi connectivity index (χ1n) is 9.01. The summed E-state index contributed by atoms with van der Waals surface area (Å²) in [5, 5.41) is 8.48. The van der Waals surface area contributed by atoms with Gasteiger partial charge in [0.1, 0.15) is 0 Å². The van der Waals surface area contributed by atoms with Crippen LogP contribution in [0, 0.1) is 0 Å². The molecular formula is C21H28N2O2. The van der Waals surface area contributed by atoms with Gasteiger partial charge in [-0.05, 0) is 30.5 Å². The van der Waals surface area contributed by atoms with Crippen LogP contribution in [0.5, 0.6) is 0 Å². The third-order valence-electron chi connectivity index (χ3n) is 4.25. The minimum absolute atomic E-state index is 0.296. The molecule has 0 heterocycles. The van der Waals surface area contributed by atoms with Crippen LogP contribution < -0.4 is 5.48 Å². The van der Waals surface area contributed by atoms with Gasteiger partial charge in [-0.1, -0.05) is 73.5 Å². The van der Waals surface area contributed by atoms with Crippen molar-refractivity contribution in [1.29, 1.82) is 0 Å². The molecule has 134 valence electrons. The van der Waals surface area contributed by atoms with Gasteiger partial charge >= 0.3 is 0 Å². The van der Waals surface area contributed by atoms with E-state index in [1.54, 1.807) is 5.48 Å². The number of nitrogens with zero attached hydrogens (tertiary/aromatic N) is 1. The predicted octanol–water partition coefficient (Wildman–Crippen LogP) is 4.14. The van der Waals surface area contributed by atoms with Crippen molar-refractivity contribution in [1.82, 2.24) is 10.4 Å². The number of rotatable bonds is 11. The normalized spacial score (nSPS) is 10.8. The Balaban J connectivity index is 1.79. The lowest BCUT2D eigenvalue weighted by molar-refractivity contribution is -0.129. The summed E-state index contributed by atoms with van der Waals surface area (Å²) in [6.45, 7) is 2.93. The second-order valence-corrected chi connectivity index (χ2v) is 6.38. The minimum Gasteiger partial charge on any atom is -0.295 e. The van der Waals surface area contributed by atoms with E-state index in [1.807, 2.05) is 12.1 Å². The first-order valence-corrected chi connectivity index (χ1v) is 9.01. The first-order chi connectivity index (χ1) is 12.3. The van der Waals surface area contributed by atoms with Gasteiger partial charge in [0.05, 0.1) is 0 Å². The predicted molar refractivity (Wildman–Crippen MR) is 100 cm³/mol. The zero-order valence-corrected chi connectivity index (χ0v) is 14.7. The van der Waals surface area contributed by atoms with Gasteiger partial charge in [-0.15, -0.1) is 0 Å². The fraction of sp³-hybridized carbons (Fsp3) is 0.381. The molecule has 0 spiro atoms. The van der Waals surface area contributed by atoms with Crippen LogP contribution in [0.2, 0.25) is 0 Å². The molecule has 0 aliphatic heterocycles. The van der Waals surface area contributed by atoms with Gasteiger partial charge in [0, 0.05) is 19.5 Å². The molecule has 2 rings (SSSR count). The number of hydroxylamine groups is 1. The van der Waals surface area contributed by atoms with E-state index in [-0.39, 0.29) is 5.91 Å². The second kappa shape index (κ2) is 11.4. The molecule has 0 unspecified atom stereocenters. The molecule has 0 atom stereocenters. The zero-order chi connectivity index (χ0) is 17.7. The van der Waals surface area contributed by atoms with Crippen molar-refractivity contribution < 1.29 is 10.0 Å². The number of carbonyl (C=O) groups is 1. The maximum Gasteiger partial charge on any atom is 0.243 e. The molecule has 2 aromatic carbocycles. The smallest absolute Gasteiger partial charge is 0.243 e. The van der Waals surface area contributed by atoms with Crippen molar-refractivity contribution in [3.8, 4) is 0 Å². The van der Waals surface area contributed by atoms with Crippen molar-refractivity contribution >= 4 is 5.91 Å². The summed E-state index contributed by atoms with van der Waals surface area (Å²) in [6.07, 6.45) is 4.44. The molecule has 0 aliphatic rings. The lowest BCUT2D eigenvalue weighted by Gasteiger charge is -2.22. The molecule has 0 saturated carbocycles. The van der Waals surface area contributed by atoms with Crippen LogP contribution in [0.4, 0.5) is 0 Å². The largest absolute Gasteiger partial charge is 0.295 e. The van der Waals surface area contributed by atoms with Gasteiger partial charge in [0.15, 0.2) is 0 Å². The van der Waals surface area contributed by atoms with Crippen LogP contribution in [-0.2, 0) is 17.9 Å². The monoisotopic (exact) mass is 340 g/mol. The fourth-order valence-electron chi connectivity index (χ4n) is 2.93. The lowest BCUT2D eigenvalue weighted by Crippen LogP contribution is -2.24. The van der Waals surface area contributed by atoms with Gasteiger partial charge < -0.3 is 0 Å². The molecule has 0 aliphatic carbocycles. The molecule has 1 amide bonds. The summed E-state index contributed by atoms with van der Waals surface area (Å²) in [6, 6.07) is 21.1. The summed E-state index contributed by atoms with van der Waals surface area (Å²) in [5.74, 6) is -0.296. The average molecular weight is 340 g/mol. The quantitative estimate of drug-likeness (QED) is 0.367. The van der Waals surface area contributed by atoms with Crippen LogP contribution in [-0.4, -0.2) is 22.6 Å². The highest BCUT2D eigenvalue weighted by atomic mass is 16.5. The molecule has 0 radical (unpaired) electrons. The summed E-state index contributed by atoms with van der Waals surface area (Å²) in [7, 11) is 0. The Hall–Kier alpha value is -2.17. The molecule has 2 N–H and O–H groups in total. The van der Waals surface area contributed by atoms with E-state index >= 15 is 0 Å². The third-order valence-corrected chi connectivity index (χ3v) is 4.25. The van der Waals surface area contributed by atoms with Crippen molar-refractivity contribution in [3.05, 3.63) is 71.8 Å². The third kappa shape index (κ3) is 7.96. The van der Waals surface area contributed by atoms with Crippen molar-refractivity contribution in [2.45, 2.75) is 45.2 Å². The Morgan fingerprint density at radius 3 is 1.84 bits per heavy atom. The molecule has 0 bridgehead atoms. The Morgan fingerprint density at radius 1 is 0.800 bits per heavy atom. The molecule has 2 aromatic rings. The van der Waals surface area contributed by atoms with Crippen LogP contribution in [0.25, 0.3) is 0 Å². The molecule has 0 saturated heterocycles. The topological polar surface area (TPSA) is 52.6 Å². The Kier molecular flexibility index (Phi) is 8.73. The van der Waals surface area contributed by atoms with Crippen LogP contribution in [0.1, 0.15) is 43.2 Å². The van der Waals surface area contributed by atoms with Gasteiger partial charge in [0.25, 0.3) is 0 Å². The Labute approximate surface area is 150 Å². The summed E-state index contributed by atoms with van der Waals surface area (Å²) < 4.78 is 0. The lowest BCUT2D eigenvalue weighted by atomic mass is 10.1. The highest BCUT2D eigenvalue weighted by Crippen LogP contribution is 2.12. The molecule has 4 nitrogen and oxygen atoms in total. The number of amides is 1. The maximum absolute atomic E-state index is 11.0. The van der Waals surface area contributed by atoms with Gasteiger partial charge in [0.2, 0.25) is 5.91 Å². The summed E-state index contributed by atoms with van der Waals surface area (Å²) in [5.41, 5.74) is 4.34. The van der Waals surface area contributed by atoms with Gasteiger partial charge in [-0.2, -0.15) is 0 Å². The van der Waals surface area contributed by atoms with Gasteiger partial charge in [-0.3, -0.25) is 14.9 Å². The maximum atomic E-state index is 11.0. The molecule has 25 heavy (non-hydrogen) atoms. The highest BCUT2D eigenvalue weighted by Gasteiger charge is 2.07. The Morgan fingerprint density at radius 2 is 1.32 bits per heavy atom. The standard InChI is InChI=1S/C21H28N2O2/c24-21(22-25)15-9-1-2-10-16-23(17-19-11-5-3-6-12-19)18-20-13-7-4-8-14-20/h3-8,11-14,25H,1-2,9-10,15-18H2,(H,22,24). The van der Waals surface area contributed by atoms with E-state index in [4.69, 9.17) is 5.21 Å². The number of hydrogen-bond donors (Lipinski definition) is 2. The van der Waals surface area contributed by atoms with Crippen LogP contribution in [0.3, 0.4) is 0 Å². The van der Waals surface area contributed by atoms with E-state index in [9.17, 15) is 4.79 Å². The highest BCUT2D eigenvalue weighted by molar-refractivity contribution is 5.74. The zero-order valence-electron chi connectivity index (χ0n) is 14.7. The number of nitrogens with one attached hydrogen (secondary N) is 1. The Bertz CT molecular complexity index is 560. The van der Waals surface area contributed by atoms with Crippen molar-refractivity contribution in [2.24, 2.45) is 0 Å². The average Bonchev–Trinajstić information content (AvgIpc) is 2.65. The molecule has 0 aromatic heterocycles. The number of benzene rings is 2. The number of unbranched alkanes of at least 4 members (excludes halogenated alkanes) is 3. The molecular weight excluding hydrogens is 312 g/mol. The van der Waals surface area contributed by atoms with E-state index in [0.29, 0.717) is 6.42 Å². The summed E-state index contributed by atoms with van der Waals surface area (Å²) >= 11 is 0. The van der Waals surface area contributed by atoms with Crippen molar-refractivity contribution in [2.75, 3.05) is 6.54 Å². The van der Waals surface area contributed by atoms with E-state index in [2.05, 4.69) is 53.4 Å². The molecule has 4 heteroatoms. The van der Waals surface area contributed by atoms with Gasteiger partial charge in [-0.25, -0.2) is 5.48 Å². The van der Waals surface area contributed by atoms with Crippen LogP contribution in [0.15, 0.2) is 60.7 Å². The van der Waals surface area contributed by atoms with E-state index in [0.717, 1.165) is 45.3 Å². The van der Waals surface area contributed by atoms with Crippen LogP contribution >= 0.6 is 0 Å².